The van der Waals surface area contributed by atoms with Crippen LogP contribution in [0.4, 0.5) is 0 Å². The zero-order valence-electron chi connectivity index (χ0n) is 10.3. The second-order valence-electron chi connectivity index (χ2n) is 3.64. The average molecular weight is 260 g/mol. The van der Waals surface area contributed by atoms with Gasteiger partial charge in [0.1, 0.15) is 0 Å². The molecule has 0 aromatic carbocycles. The van der Waals surface area contributed by atoms with E-state index in [1.807, 2.05) is 11.8 Å². The van der Waals surface area contributed by atoms with Gasteiger partial charge in [0.15, 0.2) is 11.9 Å². The second kappa shape index (κ2) is 11.4. The maximum Gasteiger partial charge on any atom is 0.185 e. The number of guanidine groups is 2. The molecule has 0 radical (unpaired) electrons. The Morgan fingerprint density at radius 3 is 1.47 bits per heavy atom. The van der Waals surface area contributed by atoms with Gasteiger partial charge in [-0.2, -0.15) is 11.8 Å². The van der Waals surface area contributed by atoms with E-state index in [1.54, 1.807) is 0 Å². The van der Waals surface area contributed by atoms with E-state index in [4.69, 9.17) is 22.9 Å². The van der Waals surface area contributed by atoms with Gasteiger partial charge in [0.05, 0.1) is 0 Å². The maximum absolute atomic E-state index is 5.22. The zero-order valence-corrected chi connectivity index (χ0v) is 11.1. The molecule has 7 heteroatoms. The highest BCUT2D eigenvalue weighted by atomic mass is 32.2. The van der Waals surface area contributed by atoms with Crippen LogP contribution < -0.4 is 22.9 Å². The summed E-state index contributed by atoms with van der Waals surface area (Å²) in [5.74, 6) is 2.67. The molecule has 0 atom stereocenters. The van der Waals surface area contributed by atoms with Gasteiger partial charge in [0.25, 0.3) is 0 Å². The molecule has 8 N–H and O–H groups in total. The van der Waals surface area contributed by atoms with E-state index in [2.05, 4.69) is 9.98 Å². The smallest absolute Gasteiger partial charge is 0.185 e. The molecule has 0 aliphatic rings. The first-order valence-electron chi connectivity index (χ1n) is 5.81. The van der Waals surface area contributed by atoms with Crippen LogP contribution in [0.25, 0.3) is 0 Å². The molecule has 0 saturated carbocycles. The summed E-state index contributed by atoms with van der Waals surface area (Å²) in [6.45, 7) is 1.46. The lowest BCUT2D eigenvalue weighted by Crippen LogP contribution is -2.22. The van der Waals surface area contributed by atoms with Crippen molar-refractivity contribution < 1.29 is 0 Å². The van der Waals surface area contributed by atoms with Crippen LogP contribution >= 0.6 is 11.8 Å². The van der Waals surface area contributed by atoms with Crippen molar-refractivity contribution in [2.45, 2.75) is 25.7 Å². The fraction of sp³-hybridized carbons (Fsp3) is 0.800. The van der Waals surface area contributed by atoms with Crippen LogP contribution in [0.15, 0.2) is 9.98 Å². The Morgan fingerprint density at radius 1 is 0.706 bits per heavy atom. The number of hydrogen-bond acceptors (Lipinski definition) is 3. The monoisotopic (exact) mass is 260 g/mol. The van der Waals surface area contributed by atoms with Crippen molar-refractivity contribution >= 4 is 23.7 Å². The summed E-state index contributed by atoms with van der Waals surface area (Å²) in [6.07, 6.45) is 4.38. The molecule has 0 aliphatic heterocycles. The number of hydrogen-bond donors (Lipinski definition) is 4. The fourth-order valence-corrected chi connectivity index (χ4v) is 2.17. The third-order valence-electron chi connectivity index (χ3n) is 1.98. The summed E-state index contributed by atoms with van der Waals surface area (Å²) in [7, 11) is 0. The lowest BCUT2D eigenvalue weighted by molar-refractivity contribution is 0.802. The molecule has 17 heavy (non-hydrogen) atoms. The average Bonchev–Trinajstić information content (AvgIpc) is 2.25. The maximum atomic E-state index is 5.22. The van der Waals surface area contributed by atoms with E-state index in [-0.39, 0.29) is 11.9 Å². The van der Waals surface area contributed by atoms with Gasteiger partial charge in [-0.05, 0) is 37.2 Å². The minimum Gasteiger partial charge on any atom is -0.370 e. The molecule has 0 aromatic rings. The van der Waals surface area contributed by atoms with Gasteiger partial charge in [-0.3, -0.25) is 9.98 Å². The minimum absolute atomic E-state index is 0.178. The molecule has 0 amide bonds. The van der Waals surface area contributed by atoms with Crippen LogP contribution in [0.2, 0.25) is 0 Å². The Balaban J connectivity index is 3.09. The molecule has 6 nitrogen and oxygen atoms in total. The zero-order chi connectivity index (χ0) is 12.9. The quantitative estimate of drug-likeness (QED) is 0.246. The summed E-state index contributed by atoms with van der Waals surface area (Å²) < 4.78 is 0. The molecule has 100 valence electrons. The predicted molar refractivity (Wildman–Crippen MR) is 77.1 cm³/mol. The van der Waals surface area contributed by atoms with Crippen molar-refractivity contribution in [3.05, 3.63) is 0 Å². The van der Waals surface area contributed by atoms with Gasteiger partial charge in [0, 0.05) is 13.1 Å². The summed E-state index contributed by atoms with van der Waals surface area (Å²) in [4.78, 5) is 7.85. The van der Waals surface area contributed by atoms with Gasteiger partial charge >= 0.3 is 0 Å². The molecule has 0 unspecified atom stereocenters. The number of nitrogens with two attached hydrogens (primary N) is 4. The number of nitrogens with zero attached hydrogens (tertiary/aromatic N) is 2. The summed E-state index contributed by atoms with van der Waals surface area (Å²) in [5, 5.41) is 0. The molecule has 0 bridgehead atoms. The number of thioether (sulfide) groups is 1. The van der Waals surface area contributed by atoms with E-state index in [1.165, 1.54) is 0 Å². The SMILES string of the molecule is NC(N)=NCCCCSCCCCN=C(N)N. The van der Waals surface area contributed by atoms with E-state index in [9.17, 15) is 0 Å². The molecule has 0 heterocycles. The first-order valence-corrected chi connectivity index (χ1v) is 6.97. The third-order valence-corrected chi connectivity index (χ3v) is 3.14. The van der Waals surface area contributed by atoms with Crippen LogP contribution in [0.3, 0.4) is 0 Å². The Kier molecular flexibility index (Phi) is 10.6. The van der Waals surface area contributed by atoms with Gasteiger partial charge in [-0.15, -0.1) is 0 Å². The Bertz CT molecular complexity index is 209. The summed E-state index contributed by atoms with van der Waals surface area (Å²) in [6, 6.07) is 0. The molecule has 0 saturated heterocycles. The van der Waals surface area contributed by atoms with E-state index >= 15 is 0 Å². The van der Waals surface area contributed by atoms with Crippen LogP contribution in [0.1, 0.15) is 25.7 Å². The van der Waals surface area contributed by atoms with Crippen molar-refractivity contribution in [1.82, 2.24) is 0 Å². The predicted octanol–water partition coefficient (Wildman–Crippen LogP) is -0.173. The third kappa shape index (κ3) is 14.9. The normalized spacial score (nSPS) is 9.88. The van der Waals surface area contributed by atoms with Crippen molar-refractivity contribution in [1.29, 1.82) is 0 Å². The Morgan fingerprint density at radius 2 is 1.12 bits per heavy atom. The number of unbranched alkanes of at least 4 members (excludes halogenated alkanes) is 2. The Hall–Kier alpha value is -1.11. The van der Waals surface area contributed by atoms with Gasteiger partial charge in [-0.25, -0.2) is 0 Å². The van der Waals surface area contributed by atoms with E-state index in [0.717, 1.165) is 50.3 Å². The Labute approximate surface area is 107 Å². The lowest BCUT2D eigenvalue weighted by atomic mass is 10.3. The number of rotatable bonds is 10. The lowest BCUT2D eigenvalue weighted by Gasteiger charge is -2.00. The van der Waals surface area contributed by atoms with Crippen LogP contribution in [0, 0.1) is 0 Å². The van der Waals surface area contributed by atoms with Crippen LogP contribution in [-0.4, -0.2) is 36.5 Å². The van der Waals surface area contributed by atoms with Crippen molar-refractivity contribution in [3.63, 3.8) is 0 Å². The summed E-state index contributed by atoms with van der Waals surface area (Å²) >= 11 is 1.95. The highest BCUT2D eigenvalue weighted by Crippen LogP contribution is 2.07. The van der Waals surface area contributed by atoms with Crippen molar-refractivity contribution in [3.8, 4) is 0 Å². The largest absolute Gasteiger partial charge is 0.370 e. The van der Waals surface area contributed by atoms with Crippen molar-refractivity contribution in [2.24, 2.45) is 32.9 Å². The molecule has 0 aromatic heterocycles. The molecular weight excluding hydrogens is 236 g/mol. The molecular formula is C10H24N6S. The highest BCUT2D eigenvalue weighted by molar-refractivity contribution is 7.99. The van der Waals surface area contributed by atoms with Gasteiger partial charge < -0.3 is 22.9 Å². The van der Waals surface area contributed by atoms with E-state index in [0.29, 0.717) is 0 Å². The van der Waals surface area contributed by atoms with Gasteiger partial charge in [-0.1, -0.05) is 0 Å². The molecule has 0 spiro atoms. The molecule has 0 rings (SSSR count). The topological polar surface area (TPSA) is 129 Å². The first-order chi connectivity index (χ1) is 8.13. The van der Waals surface area contributed by atoms with E-state index < -0.39 is 0 Å². The van der Waals surface area contributed by atoms with Gasteiger partial charge in [0.2, 0.25) is 0 Å². The minimum atomic E-state index is 0.178. The fourth-order valence-electron chi connectivity index (χ4n) is 1.15. The van der Waals surface area contributed by atoms with Crippen LogP contribution in [-0.2, 0) is 0 Å². The second-order valence-corrected chi connectivity index (χ2v) is 4.86. The molecule has 0 aliphatic carbocycles. The highest BCUT2D eigenvalue weighted by Gasteiger charge is 1.92. The summed E-state index contributed by atoms with van der Waals surface area (Å²) in [5.41, 5.74) is 20.9. The van der Waals surface area contributed by atoms with Crippen molar-refractivity contribution in [2.75, 3.05) is 24.6 Å². The van der Waals surface area contributed by atoms with Crippen LogP contribution in [0.5, 0.6) is 0 Å². The number of aliphatic imine (C=N–C) groups is 2. The molecule has 0 fully saturated rings. The first kappa shape index (κ1) is 15.9. The standard InChI is InChI=1S/C10H24N6S/c11-9(12)15-5-1-3-7-17-8-4-2-6-16-10(13)14/h1-8H2,(H4,11,12,15)(H4,13,14,16).